The summed E-state index contributed by atoms with van der Waals surface area (Å²) in [4.78, 5) is 23.4. The first kappa shape index (κ1) is 17.5. The van der Waals surface area contributed by atoms with Crippen molar-refractivity contribution in [3.63, 3.8) is 0 Å². The standard InChI is InChI=1S/C19H29N5O2/c20-17-15-10-16(25)24(12-14-6-8-26-9-7-14)18(15)23-19(22-17)21-11-13-4-2-1-3-5-13/h13-14H,1-12H2,(H3,20,21,22,23). The van der Waals surface area contributed by atoms with Gasteiger partial charge in [0.25, 0.3) is 0 Å². The zero-order chi connectivity index (χ0) is 17.9. The Labute approximate surface area is 154 Å². The van der Waals surface area contributed by atoms with E-state index in [2.05, 4.69) is 15.3 Å². The van der Waals surface area contributed by atoms with Crippen molar-refractivity contribution in [1.29, 1.82) is 0 Å². The molecule has 1 aliphatic carbocycles. The lowest BCUT2D eigenvalue weighted by atomic mass is 9.89. The summed E-state index contributed by atoms with van der Waals surface area (Å²) in [5.41, 5.74) is 6.93. The van der Waals surface area contributed by atoms with E-state index in [0.29, 0.717) is 42.4 Å². The number of nitrogens with two attached hydrogens (primary N) is 1. The molecule has 3 N–H and O–H groups in total. The van der Waals surface area contributed by atoms with Gasteiger partial charge in [-0.2, -0.15) is 9.97 Å². The Balaban J connectivity index is 1.47. The molecule has 0 radical (unpaired) electrons. The molecule has 142 valence electrons. The van der Waals surface area contributed by atoms with Gasteiger partial charge >= 0.3 is 0 Å². The monoisotopic (exact) mass is 359 g/mol. The Kier molecular flexibility index (Phi) is 5.24. The number of anilines is 3. The molecule has 4 rings (SSSR count). The van der Waals surface area contributed by atoms with Gasteiger partial charge < -0.3 is 15.8 Å². The van der Waals surface area contributed by atoms with E-state index in [9.17, 15) is 4.79 Å². The quantitative estimate of drug-likeness (QED) is 0.838. The van der Waals surface area contributed by atoms with Crippen molar-refractivity contribution in [1.82, 2.24) is 9.97 Å². The van der Waals surface area contributed by atoms with E-state index in [1.807, 2.05) is 4.90 Å². The van der Waals surface area contributed by atoms with Gasteiger partial charge in [-0.05, 0) is 37.5 Å². The Hall–Kier alpha value is -1.89. The fourth-order valence-corrected chi connectivity index (χ4v) is 4.33. The summed E-state index contributed by atoms with van der Waals surface area (Å²) in [6.45, 7) is 3.14. The van der Waals surface area contributed by atoms with Gasteiger partial charge in [-0.1, -0.05) is 19.3 Å². The number of fused-ring (bicyclic) bond motifs is 1. The maximum atomic E-state index is 12.5. The molecule has 26 heavy (non-hydrogen) atoms. The Morgan fingerprint density at radius 3 is 2.62 bits per heavy atom. The number of carbonyl (C=O) groups excluding carboxylic acids is 1. The van der Waals surface area contributed by atoms with Gasteiger partial charge in [0.15, 0.2) is 0 Å². The molecule has 0 aromatic carbocycles. The van der Waals surface area contributed by atoms with Gasteiger partial charge in [-0.3, -0.25) is 9.69 Å². The maximum absolute atomic E-state index is 12.5. The van der Waals surface area contributed by atoms with E-state index in [0.717, 1.165) is 38.2 Å². The van der Waals surface area contributed by atoms with Crippen LogP contribution in [0.3, 0.4) is 0 Å². The first-order valence-corrected chi connectivity index (χ1v) is 9.99. The summed E-state index contributed by atoms with van der Waals surface area (Å²) in [6.07, 6.45) is 8.80. The van der Waals surface area contributed by atoms with Crippen LogP contribution in [0.15, 0.2) is 0 Å². The van der Waals surface area contributed by atoms with E-state index in [4.69, 9.17) is 10.5 Å². The number of nitrogen functional groups attached to an aromatic ring is 1. The minimum atomic E-state index is 0.0805. The number of nitrogens with zero attached hydrogens (tertiary/aromatic N) is 3. The molecule has 1 saturated carbocycles. The zero-order valence-electron chi connectivity index (χ0n) is 15.4. The van der Waals surface area contributed by atoms with Crippen LogP contribution in [-0.2, 0) is 16.0 Å². The third kappa shape index (κ3) is 3.77. The normalized spacial score (nSPS) is 21.8. The molecule has 0 atom stereocenters. The SMILES string of the molecule is Nc1nc(NCC2CCCCC2)nc2c1CC(=O)N2CC1CCOCC1. The van der Waals surface area contributed by atoms with Gasteiger partial charge in [0, 0.05) is 31.9 Å². The van der Waals surface area contributed by atoms with Gasteiger partial charge in [0.2, 0.25) is 11.9 Å². The van der Waals surface area contributed by atoms with Gasteiger partial charge in [0.1, 0.15) is 11.6 Å². The summed E-state index contributed by atoms with van der Waals surface area (Å²) in [5, 5.41) is 3.36. The van der Waals surface area contributed by atoms with E-state index >= 15 is 0 Å². The molecular formula is C19H29N5O2. The maximum Gasteiger partial charge on any atom is 0.232 e. The summed E-state index contributed by atoms with van der Waals surface area (Å²) in [6, 6.07) is 0. The molecule has 7 nitrogen and oxygen atoms in total. The van der Waals surface area contributed by atoms with E-state index < -0.39 is 0 Å². The minimum Gasteiger partial charge on any atom is -0.383 e. The highest BCUT2D eigenvalue weighted by molar-refractivity contribution is 6.01. The predicted molar refractivity (Wildman–Crippen MR) is 101 cm³/mol. The fourth-order valence-electron chi connectivity index (χ4n) is 4.33. The first-order valence-electron chi connectivity index (χ1n) is 9.99. The van der Waals surface area contributed by atoms with Crippen molar-refractivity contribution in [3.05, 3.63) is 5.56 Å². The molecule has 0 bridgehead atoms. The van der Waals surface area contributed by atoms with Gasteiger partial charge in [-0.25, -0.2) is 0 Å². The molecule has 1 aromatic heterocycles. The lowest BCUT2D eigenvalue weighted by Crippen LogP contribution is -2.35. The second-order valence-corrected chi connectivity index (χ2v) is 7.86. The number of amides is 1. The van der Waals surface area contributed by atoms with Crippen molar-refractivity contribution in [2.45, 2.75) is 51.4 Å². The van der Waals surface area contributed by atoms with Crippen LogP contribution >= 0.6 is 0 Å². The van der Waals surface area contributed by atoms with Crippen LogP contribution in [0, 0.1) is 11.8 Å². The fraction of sp³-hybridized carbons (Fsp3) is 0.737. The molecule has 3 aliphatic rings. The number of aromatic nitrogens is 2. The largest absolute Gasteiger partial charge is 0.383 e. The minimum absolute atomic E-state index is 0.0805. The molecule has 1 saturated heterocycles. The highest BCUT2D eigenvalue weighted by atomic mass is 16.5. The van der Waals surface area contributed by atoms with Crippen molar-refractivity contribution in [2.24, 2.45) is 11.8 Å². The van der Waals surface area contributed by atoms with Crippen molar-refractivity contribution >= 4 is 23.5 Å². The number of carbonyl (C=O) groups is 1. The molecule has 1 amide bonds. The third-order valence-electron chi connectivity index (χ3n) is 5.96. The van der Waals surface area contributed by atoms with E-state index in [-0.39, 0.29) is 5.91 Å². The Bertz CT molecular complexity index is 654. The highest BCUT2D eigenvalue weighted by Gasteiger charge is 2.33. The van der Waals surface area contributed by atoms with Crippen LogP contribution in [0.5, 0.6) is 0 Å². The molecule has 0 spiro atoms. The average molecular weight is 359 g/mol. The second kappa shape index (κ2) is 7.78. The average Bonchev–Trinajstić information content (AvgIpc) is 2.98. The van der Waals surface area contributed by atoms with Crippen LogP contribution in [0.2, 0.25) is 0 Å². The summed E-state index contributed by atoms with van der Waals surface area (Å²) in [5.74, 6) is 2.93. The summed E-state index contributed by atoms with van der Waals surface area (Å²) < 4.78 is 5.43. The summed E-state index contributed by atoms with van der Waals surface area (Å²) in [7, 11) is 0. The number of ether oxygens (including phenoxy) is 1. The molecule has 7 heteroatoms. The summed E-state index contributed by atoms with van der Waals surface area (Å²) >= 11 is 0. The molecule has 2 aliphatic heterocycles. The number of nitrogens with one attached hydrogen (secondary N) is 1. The van der Waals surface area contributed by atoms with Crippen LogP contribution < -0.4 is 16.0 Å². The van der Waals surface area contributed by atoms with Crippen LogP contribution in [-0.4, -0.2) is 42.2 Å². The van der Waals surface area contributed by atoms with Gasteiger partial charge in [0.05, 0.1) is 6.42 Å². The number of hydrogen-bond donors (Lipinski definition) is 2. The number of rotatable bonds is 5. The third-order valence-corrected chi connectivity index (χ3v) is 5.96. The van der Waals surface area contributed by atoms with Gasteiger partial charge in [-0.15, -0.1) is 0 Å². The number of hydrogen-bond acceptors (Lipinski definition) is 6. The lowest BCUT2D eigenvalue weighted by molar-refractivity contribution is -0.117. The molecule has 0 unspecified atom stereocenters. The molecule has 3 heterocycles. The lowest BCUT2D eigenvalue weighted by Gasteiger charge is -2.27. The van der Waals surface area contributed by atoms with Crippen LogP contribution in [0.1, 0.15) is 50.5 Å². The smallest absolute Gasteiger partial charge is 0.232 e. The first-order chi connectivity index (χ1) is 12.7. The van der Waals surface area contributed by atoms with Crippen LogP contribution in [0.25, 0.3) is 0 Å². The molecule has 2 fully saturated rings. The highest BCUT2D eigenvalue weighted by Crippen LogP contribution is 2.33. The Morgan fingerprint density at radius 1 is 1.08 bits per heavy atom. The predicted octanol–water partition coefficient (Wildman–Crippen LogP) is 2.37. The second-order valence-electron chi connectivity index (χ2n) is 7.86. The van der Waals surface area contributed by atoms with Crippen molar-refractivity contribution < 1.29 is 9.53 Å². The topological polar surface area (TPSA) is 93.4 Å². The zero-order valence-corrected chi connectivity index (χ0v) is 15.4. The molecule has 1 aromatic rings. The van der Waals surface area contributed by atoms with Crippen molar-refractivity contribution in [2.75, 3.05) is 42.3 Å². The van der Waals surface area contributed by atoms with Crippen LogP contribution in [0.4, 0.5) is 17.6 Å². The molecular weight excluding hydrogens is 330 g/mol. The van der Waals surface area contributed by atoms with Crippen molar-refractivity contribution in [3.8, 4) is 0 Å². The van der Waals surface area contributed by atoms with E-state index in [1.165, 1.54) is 32.1 Å². The Morgan fingerprint density at radius 2 is 1.85 bits per heavy atom. The van der Waals surface area contributed by atoms with E-state index in [1.54, 1.807) is 0 Å².